The molecule has 2 rings (SSSR count). The number of halogens is 1. The number of rotatable bonds is 4. The minimum absolute atomic E-state index is 0.0373. The van der Waals surface area contributed by atoms with Crippen LogP contribution in [0, 0.1) is 0 Å². The number of hydrogen-bond acceptors (Lipinski definition) is 4. The first-order valence-corrected chi connectivity index (χ1v) is 6.90. The zero-order valence-electron chi connectivity index (χ0n) is 10.3. The highest BCUT2D eigenvalue weighted by molar-refractivity contribution is 7.16. The van der Waals surface area contributed by atoms with Crippen molar-refractivity contribution >= 4 is 34.7 Å². The minimum atomic E-state index is -0.234. The molecule has 4 N–H and O–H groups in total. The molecule has 0 aliphatic heterocycles. The normalized spacial score (nSPS) is 11.3. The van der Waals surface area contributed by atoms with Gasteiger partial charge in [-0.1, -0.05) is 28.9 Å². The maximum Gasteiger partial charge on any atom is 0.251 e. The second-order valence-corrected chi connectivity index (χ2v) is 5.75. The number of carbonyl (C=O) groups excluding carboxylic acids is 1. The van der Waals surface area contributed by atoms with Gasteiger partial charge in [0.1, 0.15) is 0 Å². The fourth-order valence-corrected chi connectivity index (χ4v) is 2.62. The number of oxime groups is 1. The van der Waals surface area contributed by atoms with Crippen molar-refractivity contribution in [3.63, 3.8) is 0 Å². The Morgan fingerprint density at radius 1 is 1.35 bits per heavy atom. The summed E-state index contributed by atoms with van der Waals surface area (Å²) in [6, 6.07) is 10.2. The molecule has 104 valence electrons. The summed E-state index contributed by atoms with van der Waals surface area (Å²) in [7, 11) is 0. The molecule has 0 aliphatic rings. The molecule has 0 saturated heterocycles. The highest BCUT2D eigenvalue weighted by Crippen LogP contribution is 2.21. The van der Waals surface area contributed by atoms with E-state index in [1.807, 2.05) is 6.07 Å². The molecule has 0 radical (unpaired) electrons. The number of amides is 1. The molecule has 1 aromatic carbocycles. The van der Waals surface area contributed by atoms with E-state index >= 15 is 0 Å². The number of nitrogens with zero attached hydrogens (tertiary/aromatic N) is 1. The summed E-state index contributed by atoms with van der Waals surface area (Å²) in [6.45, 7) is 0.407. The van der Waals surface area contributed by atoms with Crippen LogP contribution in [0.3, 0.4) is 0 Å². The molecule has 0 fully saturated rings. The Kier molecular flexibility index (Phi) is 4.60. The van der Waals surface area contributed by atoms with Gasteiger partial charge in [0.25, 0.3) is 5.91 Å². The standard InChI is InChI=1S/C13H12ClN3O2S/c14-11-5-4-10(20-11)7-16-13(18)9-3-1-2-8(6-9)12(15)17-19/h1-6,19H,7H2,(H2,15,17)(H,16,18). The highest BCUT2D eigenvalue weighted by atomic mass is 35.5. The lowest BCUT2D eigenvalue weighted by atomic mass is 10.1. The van der Waals surface area contributed by atoms with E-state index in [0.29, 0.717) is 22.0 Å². The van der Waals surface area contributed by atoms with Crippen LogP contribution in [0.4, 0.5) is 0 Å². The maximum atomic E-state index is 12.0. The first-order valence-electron chi connectivity index (χ1n) is 5.70. The van der Waals surface area contributed by atoms with E-state index in [4.69, 9.17) is 22.5 Å². The van der Waals surface area contributed by atoms with Crippen molar-refractivity contribution in [3.8, 4) is 0 Å². The smallest absolute Gasteiger partial charge is 0.251 e. The van der Waals surface area contributed by atoms with Crippen LogP contribution in [0.15, 0.2) is 41.6 Å². The number of amidine groups is 1. The van der Waals surface area contributed by atoms with Gasteiger partial charge in [0.05, 0.1) is 10.9 Å². The average Bonchev–Trinajstić information content (AvgIpc) is 2.89. The summed E-state index contributed by atoms with van der Waals surface area (Å²) in [4.78, 5) is 13.0. The highest BCUT2D eigenvalue weighted by Gasteiger charge is 2.08. The van der Waals surface area contributed by atoms with Crippen molar-refractivity contribution in [2.24, 2.45) is 10.9 Å². The van der Waals surface area contributed by atoms with Crippen LogP contribution in [0.2, 0.25) is 4.34 Å². The lowest BCUT2D eigenvalue weighted by molar-refractivity contribution is 0.0951. The van der Waals surface area contributed by atoms with Crippen molar-refractivity contribution in [2.45, 2.75) is 6.54 Å². The van der Waals surface area contributed by atoms with Crippen molar-refractivity contribution in [2.75, 3.05) is 0 Å². The van der Waals surface area contributed by atoms with Gasteiger partial charge in [0, 0.05) is 16.0 Å². The first kappa shape index (κ1) is 14.4. The Morgan fingerprint density at radius 2 is 2.10 bits per heavy atom. The van der Waals surface area contributed by atoms with Crippen LogP contribution >= 0.6 is 22.9 Å². The molecule has 2 aromatic rings. The van der Waals surface area contributed by atoms with Gasteiger partial charge in [-0.15, -0.1) is 11.3 Å². The Labute approximate surface area is 124 Å². The maximum absolute atomic E-state index is 12.0. The van der Waals surface area contributed by atoms with E-state index in [9.17, 15) is 4.79 Å². The summed E-state index contributed by atoms with van der Waals surface area (Å²) < 4.78 is 0.683. The average molecular weight is 310 g/mol. The van der Waals surface area contributed by atoms with Gasteiger partial charge in [-0.05, 0) is 24.3 Å². The first-order chi connectivity index (χ1) is 9.60. The molecule has 5 nitrogen and oxygen atoms in total. The van der Waals surface area contributed by atoms with E-state index < -0.39 is 0 Å². The lowest BCUT2D eigenvalue weighted by Gasteiger charge is -2.05. The van der Waals surface area contributed by atoms with Gasteiger partial charge in [-0.25, -0.2) is 0 Å². The zero-order valence-corrected chi connectivity index (χ0v) is 11.9. The number of nitrogens with one attached hydrogen (secondary N) is 1. The monoisotopic (exact) mass is 309 g/mol. The Bertz CT molecular complexity index is 655. The van der Waals surface area contributed by atoms with Gasteiger partial charge in [0.15, 0.2) is 5.84 Å². The second-order valence-electron chi connectivity index (χ2n) is 3.95. The predicted octanol–water partition coefficient (Wildman–Crippen LogP) is 2.43. The number of nitrogens with two attached hydrogens (primary N) is 1. The summed E-state index contributed by atoms with van der Waals surface area (Å²) in [5.74, 6) is -0.271. The fraction of sp³-hybridized carbons (Fsp3) is 0.0769. The lowest BCUT2D eigenvalue weighted by Crippen LogP contribution is -2.23. The third-order valence-corrected chi connectivity index (χ3v) is 3.81. The molecule has 0 aliphatic carbocycles. The number of thiophene rings is 1. The van der Waals surface area contributed by atoms with E-state index in [2.05, 4.69) is 10.5 Å². The molecular weight excluding hydrogens is 298 g/mol. The molecule has 0 atom stereocenters. The van der Waals surface area contributed by atoms with Crippen LogP contribution < -0.4 is 11.1 Å². The van der Waals surface area contributed by atoms with Crippen LogP contribution in [0.1, 0.15) is 20.8 Å². The molecule has 1 heterocycles. The summed E-state index contributed by atoms with van der Waals surface area (Å²) >= 11 is 7.23. The molecule has 0 spiro atoms. The van der Waals surface area contributed by atoms with Crippen molar-refractivity contribution in [1.29, 1.82) is 0 Å². The van der Waals surface area contributed by atoms with E-state index in [1.165, 1.54) is 11.3 Å². The van der Waals surface area contributed by atoms with Gasteiger partial charge in [-0.3, -0.25) is 4.79 Å². The second kappa shape index (κ2) is 6.40. The van der Waals surface area contributed by atoms with E-state index in [1.54, 1.807) is 30.3 Å². The molecule has 1 amide bonds. The van der Waals surface area contributed by atoms with Crippen LogP contribution in [-0.2, 0) is 6.54 Å². The van der Waals surface area contributed by atoms with E-state index in [-0.39, 0.29) is 11.7 Å². The Hall–Kier alpha value is -2.05. The van der Waals surface area contributed by atoms with Crippen LogP contribution in [-0.4, -0.2) is 17.0 Å². The molecule has 7 heteroatoms. The van der Waals surface area contributed by atoms with Gasteiger partial charge in [-0.2, -0.15) is 0 Å². The summed E-state index contributed by atoms with van der Waals surface area (Å²) in [5.41, 5.74) is 6.41. The third-order valence-electron chi connectivity index (χ3n) is 2.58. The molecule has 1 aromatic heterocycles. The summed E-state index contributed by atoms with van der Waals surface area (Å²) in [6.07, 6.45) is 0. The molecule has 0 bridgehead atoms. The Morgan fingerprint density at radius 3 is 2.75 bits per heavy atom. The topological polar surface area (TPSA) is 87.7 Å². The zero-order chi connectivity index (χ0) is 14.5. The van der Waals surface area contributed by atoms with Crippen LogP contribution in [0.5, 0.6) is 0 Å². The number of benzene rings is 1. The number of carbonyl (C=O) groups is 1. The molecule has 0 unspecified atom stereocenters. The predicted molar refractivity (Wildman–Crippen MR) is 79.5 cm³/mol. The molecule has 0 saturated carbocycles. The SMILES string of the molecule is NC(=NO)c1cccc(C(=O)NCc2ccc(Cl)s2)c1. The van der Waals surface area contributed by atoms with Crippen molar-refractivity contribution < 1.29 is 10.0 Å². The molecular formula is C13H12ClN3O2S. The van der Waals surface area contributed by atoms with Gasteiger partial charge in [0.2, 0.25) is 0 Å². The van der Waals surface area contributed by atoms with Crippen LogP contribution in [0.25, 0.3) is 0 Å². The third kappa shape index (κ3) is 3.49. The van der Waals surface area contributed by atoms with E-state index in [0.717, 1.165) is 4.88 Å². The van der Waals surface area contributed by atoms with Crippen molar-refractivity contribution in [1.82, 2.24) is 5.32 Å². The fourth-order valence-electron chi connectivity index (χ4n) is 1.59. The summed E-state index contributed by atoms with van der Waals surface area (Å²) in [5, 5.41) is 14.3. The molecule has 20 heavy (non-hydrogen) atoms. The Balaban J connectivity index is 2.05. The van der Waals surface area contributed by atoms with Crippen molar-refractivity contribution in [3.05, 3.63) is 56.7 Å². The van der Waals surface area contributed by atoms with Gasteiger partial charge >= 0.3 is 0 Å². The quantitative estimate of drug-likeness (QED) is 0.351. The minimum Gasteiger partial charge on any atom is -0.409 e. The van der Waals surface area contributed by atoms with Gasteiger partial charge < -0.3 is 16.3 Å². The largest absolute Gasteiger partial charge is 0.409 e. The number of hydrogen-bond donors (Lipinski definition) is 3.